The molecule has 0 radical (unpaired) electrons. The molecule has 1 atom stereocenters. The van der Waals surface area contributed by atoms with Gasteiger partial charge in [-0.2, -0.15) is 0 Å². The van der Waals surface area contributed by atoms with Crippen LogP contribution in [0.5, 0.6) is 0 Å². The van der Waals surface area contributed by atoms with Crippen LogP contribution in [0.15, 0.2) is 58.0 Å². The van der Waals surface area contributed by atoms with E-state index in [2.05, 4.69) is 10.1 Å². The van der Waals surface area contributed by atoms with Crippen molar-refractivity contribution in [2.45, 2.75) is 17.1 Å². The van der Waals surface area contributed by atoms with Gasteiger partial charge in [-0.25, -0.2) is 13.2 Å². The molecular formula is C16H17NO6S. The first-order valence-electron chi connectivity index (χ1n) is 7.24. The predicted molar refractivity (Wildman–Crippen MR) is 84.7 cm³/mol. The van der Waals surface area contributed by atoms with Gasteiger partial charge in [-0.15, -0.1) is 0 Å². The average Bonchev–Trinajstić information content (AvgIpc) is 3.10. The van der Waals surface area contributed by atoms with Crippen molar-refractivity contribution in [3.05, 3.63) is 54.5 Å². The summed E-state index contributed by atoms with van der Waals surface area (Å²) in [6.07, 6.45) is 1.34. The fraction of sp³-hybridized carbons (Fsp3) is 0.250. The number of ether oxygens (including phenoxy) is 1. The maximum atomic E-state index is 12.8. The van der Waals surface area contributed by atoms with Crippen LogP contribution in [0.3, 0.4) is 0 Å². The van der Waals surface area contributed by atoms with Gasteiger partial charge in [-0.3, -0.25) is 4.79 Å². The van der Waals surface area contributed by atoms with E-state index in [9.17, 15) is 18.0 Å². The molecule has 0 spiro atoms. The predicted octanol–water partition coefficient (Wildman–Crippen LogP) is 1.47. The molecule has 8 heteroatoms. The van der Waals surface area contributed by atoms with Gasteiger partial charge in [0.2, 0.25) is 0 Å². The standard InChI is InChI=1S/C16H17NO6S/c1-2-22-16(19)15(18)17-11-14(13-9-6-10-23-13)24(20,21)12-7-4-3-5-8-12/h3-10,14H,2,11H2,1H3,(H,17,18)/t14-/m0/s1. The normalized spacial score (nSPS) is 12.4. The second kappa shape index (κ2) is 7.78. The zero-order valence-electron chi connectivity index (χ0n) is 13.0. The topological polar surface area (TPSA) is 103 Å². The molecule has 24 heavy (non-hydrogen) atoms. The largest absolute Gasteiger partial charge is 0.468 e. The Kier molecular flexibility index (Phi) is 5.75. The van der Waals surface area contributed by atoms with Crippen molar-refractivity contribution in [2.75, 3.05) is 13.2 Å². The molecule has 1 aromatic carbocycles. The van der Waals surface area contributed by atoms with Crippen LogP contribution in [0.1, 0.15) is 17.9 Å². The molecule has 1 amide bonds. The molecule has 7 nitrogen and oxygen atoms in total. The Morgan fingerprint density at radius 3 is 2.46 bits per heavy atom. The van der Waals surface area contributed by atoms with Gasteiger partial charge in [-0.05, 0) is 31.2 Å². The summed E-state index contributed by atoms with van der Waals surface area (Å²) < 4.78 is 35.4. The molecule has 1 N–H and O–H groups in total. The fourth-order valence-corrected chi connectivity index (χ4v) is 3.67. The molecule has 0 unspecified atom stereocenters. The van der Waals surface area contributed by atoms with Crippen LogP contribution in [-0.4, -0.2) is 33.4 Å². The number of carbonyl (C=O) groups excluding carboxylic acids is 2. The van der Waals surface area contributed by atoms with Crippen LogP contribution < -0.4 is 5.32 Å². The summed E-state index contributed by atoms with van der Waals surface area (Å²) in [6.45, 7) is 1.30. The van der Waals surface area contributed by atoms with Crippen LogP contribution in [0.25, 0.3) is 0 Å². The Labute approximate surface area is 139 Å². The highest BCUT2D eigenvalue weighted by atomic mass is 32.2. The van der Waals surface area contributed by atoms with E-state index in [1.165, 1.54) is 24.5 Å². The lowest BCUT2D eigenvalue weighted by atomic mass is 10.3. The molecular weight excluding hydrogens is 334 g/mol. The van der Waals surface area contributed by atoms with Crippen LogP contribution >= 0.6 is 0 Å². The Morgan fingerprint density at radius 2 is 1.88 bits per heavy atom. The van der Waals surface area contributed by atoms with E-state index in [-0.39, 0.29) is 23.8 Å². The highest BCUT2D eigenvalue weighted by Gasteiger charge is 2.32. The Hall–Kier alpha value is -2.61. The van der Waals surface area contributed by atoms with Crippen molar-refractivity contribution in [1.29, 1.82) is 0 Å². The van der Waals surface area contributed by atoms with Gasteiger partial charge in [0.15, 0.2) is 9.84 Å². The van der Waals surface area contributed by atoms with Crippen molar-refractivity contribution < 1.29 is 27.2 Å². The van der Waals surface area contributed by atoms with Gasteiger partial charge in [0.05, 0.1) is 17.8 Å². The molecule has 128 valence electrons. The molecule has 0 aliphatic heterocycles. The molecule has 0 aliphatic rings. The molecule has 2 rings (SSSR count). The number of rotatable bonds is 6. The number of esters is 1. The highest BCUT2D eigenvalue weighted by Crippen LogP contribution is 2.28. The number of hydrogen-bond donors (Lipinski definition) is 1. The van der Waals surface area contributed by atoms with E-state index in [0.717, 1.165) is 0 Å². The number of sulfone groups is 1. The van der Waals surface area contributed by atoms with Crippen molar-refractivity contribution in [3.63, 3.8) is 0 Å². The molecule has 2 aromatic rings. The molecule has 1 aromatic heterocycles. The lowest BCUT2D eigenvalue weighted by molar-refractivity contribution is -0.154. The maximum Gasteiger partial charge on any atom is 0.396 e. The molecule has 0 bridgehead atoms. The summed E-state index contributed by atoms with van der Waals surface area (Å²) in [5.74, 6) is -1.90. The summed E-state index contributed by atoms with van der Waals surface area (Å²) in [6, 6.07) is 10.9. The zero-order valence-corrected chi connectivity index (χ0v) is 13.8. The van der Waals surface area contributed by atoms with Crippen LogP contribution in [0.2, 0.25) is 0 Å². The van der Waals surface area contributed by atoms with Crippen molar-refractivity contribution in [2.24, 2.45) is 0 Å². The maximum absolute atomic E-state index is 12.8. The second-order valence-electron chi connectivity index (χ2n) is 4.79. The molecule has 0 saturated carbocycles. The minimum Gasteiger partial charge on any atom is -0.468 e. The van der Waals surface area contributed by atoms with E-state index < -0.39 is 27.0 Å². The van der Waals surface area contributed by atoms with Gasteiger partial charge in [-0.1, -0.05) is 18.2 Å². The third kappa shape index (κ3) is 4.02. The molecule has 1 heterocycles. The van der Waals surface area contributed by atoms with E-state index in [4.69, 9.17) is 4.42 Å². The van der Waals surface area contributed by atoms with Crippen molar-refractivity contribution >= 4 is 21.7 Å². The Bertz CT molecular complexity index is 783. The first-order valence-corrected chi connectivity index (χ1v) is 8.78. The quantitative estimate of drug-likeness (QED) is 0.624. The minimum atomic E-state index is -3.82. The summed E-state index contributed by atoms with van der Waals surface area (Å²) >= 11 is 0. The third-order valence-corrected chi connectivity index (χ3v) is 5.29. The fourth-order valence-electron chi connectivity index (χ4n) is 2.07. The summed E-state index contributed by atoms with van der Waals surface area (Å²) in [7, 11) is -3.82. The zero-order chi connectivity index (χ0) is 17.6. The third-order valence-electron chi connectivity index (χ3n) is 3.22. The molecule has 0 saturated heterocycles. The Morgan fingerprint density at radius 1 is 1.17 bits per heavy atom. The molecule has 0 fully saturated rings. The van der Waals surface area contributed by atoms with E-state index in [0.29, 0.717) is 0 Å². The minimum absolute atomic E-state index is 0.0518. The van der Waals surface area contributed by atoms with Gasteiger partial charge in [0.25, 0.3) is 0 Å². The van der Waals surface area contributed by atoms with Crippen LogP contribution in [-0.2, 0) is 24.2 Å². The number of carbonyl (C=O) groups is 2. The number of amides is 1. The summed E-state index contributed by atoms with van der Waals surface area (Å²) in [5.41, 5.74) is 0. The average molecular weight is 351 g/mol. The first-order chi connectivity index (χ1) is 11.5. The van der Waals surface area contributed by atoms with Gasteiger partial charge < -0.3 is 14.5 Å². The number of benzene rings is 1. The first kappa shape index (κ1) is 17.7. The molecule has 0 aliphatic carbocycles. The van der Waals surface area contributed by atoms with Gasteiger partial charge in [0.1, 0.15) is 11.0 Å². The highest BCUT2D eigenvalue weighted by molar-refractivity contribution is 7.91. The lowest BCUT2D eigenvalue weighted by Crippen LogP contribution is -2.37. The van der Waals surface area contributed by atoms with Crippen LogP contribution in [0.4, 0.5) is 0 Å². The van der Waals surface area contributed by atoms with Crippen LogP contribution in [0, 0.1) is 0 Å². The lowest BCUT2D eigenvalue weighted by Gasteiger charge is -2.16. The number of hydrogen-bond acceptors (Lipinski definition) is 6. The number of nitrogens with one attached hydrogen (secondary N) is 1. The summed E-state index contributed by atoms with van der Waals surface area (Å²) in [4.78, 5) is 23.1. The van der Waals surface area contributed by atoms with E-state index >= 15 is 0 Å². The SMILES string of the molecule is CCOC(=O)C(=O)NC[C@@H](c1ccco1)S(=O)(=O)c1ccccc1. The van der Waals surface area contributed by atoms with Gasteiger partial charge >= 0.3 is 11.9 Å². The number of furan rings is 1. The van der Waals surface area contributed by atoms with Gasteiger partial charge in [0, 0.05) is 6.54 Å². The monoisotopic (exact) mass is 351 g/mol. The van der Waals surface area contributed by atoms with E-state index in [1.807, 2.05) is 0 Å². The van der Waals surface area contributed by atoms with Crippen molar-refractivity contribution in [3.8, 4) is 0 Å². The second-order valence-corrected chi connectivity index (χ2v) is 6.92. The van der Waals surface area contributed by atoms with Crippen molar-refractivity contribution in [1.82, 2.24) is 5.32 Å². The van der Waals surface area contributed by atoms with E-state index in [1.54, 1.807) is 31.2 Å². The Balaban J connectivity index is 2.24. The summed E-state index contributed by atoms with van der Waals surface area (Å²) in [5, 5.41) is 1.12. The smallest absolute Gasteiger partial charge is 0.396 e.